The zero-order valence-electron chi connectivity index (χ0n) is 11.9. The Morgan fingerprint density at radius 1 is 1.38 bits per heavy atom. The number of aryl methyl sites for hydroxylation is 1. The van der Waals surface area contributed by atoms with Gasteiger partial charge >= 0.3 is 5.97 Å². The van der Waals surface area contributed by atoms with Gasteiger partial charge in [-0.05, 0) is 51.0 Å². The Kier molecular flexibility index (Phi) is 3.76. The summed E-state index contributed by atoms with van der Waals surface area (Å²) < 4.78 is 18.4. The highest BCUT2D eigenvalue weighted by molar-refractivity contribution is 7.15. The molecule has 5 heteroatoms. The molecule has 0 saturated heterocycles. The van der Waals surface area contributed by atoms with Crippen LogP contribution in [-0.2, 0) is 9.53 Å². The Bertz CT molecular complexity index is 661. The summed E-state index contributed by atoms with van der Waals surface area (Å²) in [6.07, 6.45) is 1.59. The number of nitrogens with zero attached hydrogens (tertiary/aromatic N) is 1. The first-order chi connectivity index (χ1) is 10.0. The van der Waals surface area contributed by atoms with E-state index in [1.807, 2.05) is 13.8 Å². The molecule has 1 saturated carbocycles. The van der Waals surface area contributed by atoms with Gasteiger partial charge in [0.25, 0.3) is 0 Å². The van der Waals surface area contributed by atoms with Crippen LogP contribution in [0.3, 0.4) is 0 Å². The fraction of sp³-hybridized carbons (Fsp3) is 0.375. The number of halogens is 1. The highest BCUT2D eigenvalue weighted by Gasteiger charge is 2.33. The Morgan fingerprint density at radius 2 is 2.05 bits per heavy atom. The molecule has 0 bridgehead atoms. The minimum atomic E-state index is -0.287. The number of benzene rings is 1. The molecule has 1 atom stereocenters. The third-order valence-electron chi connectivity index (χ3n) is 3.50. The second-order valence-corrected chi connectivity index (χ2v) is 6.36. The van der Waals surface area contributed by atoms with Crippen molar-refractivity contribution in [1.82, 2.24) is 4.98 Å². The van der Waals surface area contributed by atoms with Gasteiger partial charge in [0.2, 0.25) is 0 Å². The van der Waals surface area contributed by atoms with Crippen molar-refractivity contribution >= 4 is 17.3 Å². The van der Waals surface area contributed by atoms with Crippen LogP contribution in [0, 0.1) is 18.7 Å². The average molecular weight is 305 g/mol. The van der Waals surface area contributed by atoms with Gasteiger partial charge in [-0.2, -0.15) is 0 Å². The molecule has 2 aromatic rings. The quantitative estimate of drug-likeness (QED) is 0.792. The van der Waals surface area contributed by atoms with Crippen molar-refractivity contribution in [3.8, 4) is 10.6 Å². The summed E-state index contributed by atoms with van der Waals surface area (Å²) in [7, 11) is 0. The molecule has 3 rings (SSSR count). The molecule has 1 fully saturated rings. The maximum atomic E-state index is 13.0. The predicted molar refractivity (Wildman–Crippen MR) is 79.5 cm³/mol. The Balaban J connectivity index is 1.80. The third-order valence-corrected chi connectivity index (χ3v) is 4.86. The number of ether oxygens (including phenoxy) is 1. The van der Waals surface area contributed by atoms with Crippen LogP contribution in [0.15, 0.2) is 24.3 Å². The van der Waals surface area contributed by atoms with Gasteiger partial charge in [-0.1, -0.05) is 0 Å². The number of thiazole rings is 1. The molecule has 0 spiro atoms. The molecule has 0 radical (unpaired) electrons. The summed E-state index contributed by atoms with van der Waals surface area (Å²) in [5.41, 5.74) is 1.73. The first kappa shape index (κ1) is 14.2. The summed E-state index contributed by atoms with van der Waals surface area (Å²) in [4.78, 5) is 17.2. The molecule has 1 aromatic heterocycles. The van der Waals surface area contributed by atoms with Crippen molar-refractivity contribution in [2.75, 3.05) is 0 Å². The van der Waals surface area contributed by atoms with Crippen LogP contribution in [0.4, 0.5) is 4.39 Å². The molecule has 0 aliphatic heterocycles. The monoisotopic (exact) mass is 305 g/mol. The molecule has 0 amide bonds. The van der Waals surface area contributed by atoms with Gasteiger partial charge in [0.05, 0.1) is 16.5 Å². The van der Waals surface area contributed by atoms with Crippen molar-refractivity contribution in [3.63, 3.8) is 0 Å². The van der Waals surface area contributed by atoms with Crippen molar-refractivity contribution in [2.45, 2.75) is 32.8 Å². The van der Waals surface area contributed by atoms with Crippen molar-refractivity contribution < 1.29 is 13.9 Å². The van der Waals surface area contributed by atoms with Crippen LogP contribution in [0.2, 0.25) is 0 Å². The Hall–Kier alpha value is -1.75. The van der Waals surface area contributed by atoms with Gasteiger partial charge in [0, 0.05) is 5.56 Å². The first-order valence-corrected chi connectivity index (χ1v) is 7.80. The van der Waals surface area contributed by atoms with E-state index in [1.54, 1.807) is 12.1 Å². The molecular formula is C16H16FNO2S. The second-order valence-electron chi connectivity index (χ2n) is 5.33. The summed E-state index contributed by atoms with van der Waals surface area (Å²) >= 11 is 1.49. The third kappa shape index (κ3) is 3.13. The lowest BCUT2D eigenvalue weighted by molar-refractivity contribution is -0.150. The summed E-state index contributed by atoms with van der Waals surface area (Å²) in [6.45, 7) is 3.77. The van der Waals surface area contributed by atoms with E-state index in [4.69, 9.17) is 4.74 Å². The van der Waals surface area contributed by atoms with Gasteiger partial charge in [-0.3, -0.25) is 4.79 Å². The predicted octanol–water partition coefficient (Wildman–Crippen LogP) is 4.27. The normalized spacial score (nSPS) is 15.8. The van der Waals surface area contributed by atoms with Crippen molar-refractivity contribution in [3.05, 3.63) is 40.7 Å². The maximum Gasteiger partial charge on any atom is 0.309 e. The number of hydrogen-bond donors (Lipinski definition) is 0. The summed E-state index contributed by atoms with van der Waals surface area (Å²) in [6, 6.07) is 6.25. The molecule has 1 aliphatic carbocycles. The summed E-state index contributed by atoms with van der Waals surface area (Å²) in [5, 5.41) is 0.817. The zero-order chi connectivity index (χ0) is 15.0. The molecule has 3 nitrogen and oxygen atoms in total. The Labute approximate surface area is 126 Å². The lowest BCUT2D eigenvalue weighted by atomic mass is 10.2. The largest absolute Gasteiger partial charge is 0.457 e. The zero-order valence-corrected chi connectivity index (χ0v) is 12.7. The van der Waals surface area contributed by atoms with E-state index in [0.717, 1.165) is 34.0 Å². The van der Waals surface area contributed by atoms with E-state index in [1.165, 1.54) is 23.5 Å². The number of carbonyl (C=O) groups is 1. The molecule has 1 unspecified atom stereocenters. The van der Waals surface area contributed by atoms with E-state index in [2.05, 4.69) is 4.98 Å². The lowest BCUT2D eigenvalue weighted by Gasteiger charge is -2.11. The minimum absolute atomic E-state index is 0.0947. The molecule has 110 valence electrons. The van der Waals surface area contributed by atoms with E-state index in [9.17, 15) is 9.18 Å². The van der Waals surface area contributed by atoms with Crippen LogP contribution in [0.25, 0.3) is 10.6 Å². The van der Waals surface area contributed by atoms with Gasteiger partial charge in [0.15, 0.2) is 0 Å². The van der Waals surface area contributed by atoms with E-state index < -0.39 is 0 Å². The molecular weight excluding hydrogens is 289 g/mol. The van der Waals surface area contributed by atoms with Crippen LogP contribution >= 0.6 is 11.3 Å². The fourth-order valence-corrected chi connectivity index (χ4v) is 3.20. The summed E-state index contributed by atoms with van der Waals surface area (Å²) in [5.74, 6) is -0.283. The van der Waals surface area contributed by atoms with Gasteiger partial charge in [0.1, 0.15) is 16.9 Å². The number of esters is 1. The van der Waals surface area contributed by atoms with Gasteiger partial charge < -0.3 is 4.74 Å². The number of carbonyl (C=O) groups excluding carboxylic acids is 1. The molecule has 21 heavy (non-hydrogen) atoms. The second kappa shape index (κ2) is 5.56. The smallest absolute Gasteiger partial charge is 0.309 e. The maximum absolute atomic E-state index is 13.0. The van der Waals surface area contributed by atoms with Crippen LogP contribution < -0.4 is 0 Å². The van der Waals surface area contributed by atoms with Gasteiger partial charge in [-0.15, -0.1) is 11.3 Å². The van der Waals surface area contributed by atoms with Crippen LogP contribution in [0.5, 0.6) is 0 Å². The SMILES string of the molecule is Cc1nc(-c2ccc(F)cc2)sc1C(C)OC(=O)C1CC1. The first-order valence-electron chi connectivity index (χ1n) is 6.98. The Morgan fingerprint density at radius 3 is 2.67 bits per heavy atom. The van der Waals surface area contributed by atoms with Crippen LogP contribution in [-0.4, -0.2) is 11.0 Å². The number of hydrogen-bond acceptors (Lipinski definition) is 4. The fourth-order valence-electron chi connectivity index (χ4n) is 2.14. The topological polar surface area (TPSA) is 39.2 Å². The average Bonchev–Trinajstić information content (AvgIpc) is 3.23. The molecule has 1 heterocycles. The lowest BCUT2D eigenvalue weighted by Crippen LogP contribution is -2.10. The van der Waals surface area contributed by atoms with Crippen molar-refractivity contribution in [1.29, 1.82) is 0 Å². The number of aromatic nitrogens is 1. The molecule has 1 aliphatic rings. The number of rotatable bonds is 4. The molecule has 0 N–H and O–H groups in total. The van der Waals surface area contributed by atoms with Crippen LogP contribution in [0.1, 0.15) is 36.4 Å². The minimum Gasteiger partial charge on any atom is -0.457 e. The molecule has 1 aromatic carbocycles. The van der Waals surface area contributed by atoms with E-state index in [-0.39, 0.29) is 23.8 Å². The van der Waals surface area contributed by atoms with Gasteiger partial charge in [-0.25, -0.2) is 9.37 Å². The highest BCUT2D eigenvalue weighted by Crippen LogP contribution is 2.36. The standard InChI is InChI=1S/C16H16FNO2S/c1-9-14(10(2)20-16(19)12-3-4-12)21-15(18-9)11-5-7-13(17)8-6-11/h5-8,10,12H,3-4H2,1-2H3. The van der Waals surface area contributed by atoms with Crippen molar-refractivity contribution in [2.24, 2.45) is 5.92 Å². The van der Waals surface area contributed by atoms with E-state index >= 15 is 0 Å². The highest BCUT2D eigenvalue weighted by atomic mass is 32.1. The van der Waals surface area contributed by atoms with E-state index in [0.29, 0.717) is 0 Å².